The Kier molecular flexibility index (Phi) is 7.05. The summed E-state index contributed by atoms with van der Waals surface area (Å²) in [5.41, 5.74) is 5.21. The lowest BCUT2D eigenvalue weighted by atomic mass is 10.1. The highest BCUT2D eigenvalue weighted by Gasteiger charge is 2.28. The lowest BCUT2D eigenvalue weighted by Crippen LogP contribution is -2.33. The zero-order valence-corrected chi connectivity index (χ0v) is 19.2. The number of nitrogens with one attached hydrogen (secondary N) is 1. The lowest BCUT2D eigenvalue weighted by Gasteiger charge is -2.24. The second-order valence-corrected chi connectivity index (χ2v) is 9.53. The van der Waals surface area contributed by atoms with Crippen LogP contribution in [0.3, 0.4) is 0 Å². The van der Waals surface area contributed by atoms with E-state index < -0.39 is 22.6 Å². The summed E-state index contributed by atoms with van der Waals surface area (Å²) in [6, 6.07) is 12.2. The molecule has 32 heavy (non-hydrogen) atoms. The van der Waals surface area contributed by atoms with Crippen LogP contribution < -0.4 is 15.6 Å². The summed E-state index contributed by atoms with van der Waals surface area (Å²) in [6.45, 7) is 6.49. The first-order valence-electron chi connectivity index (χ1n) is 10.2. The third-order valence-corrected chi connectivity index (χ3v) is 5.84. The van der Waals surface area contributed by atoms with Gasteiger partial charge in [0, 0.05) is 25.2 Å². The molecule has 0 aliphatic carbocycles. The number of rotatable bonds is 6. The number of fused-ring (bicyclic) bond motifs is 1. The summed E-state index contributed by atoms with van der Waals surface area (Å²) < 4.78 is 30.6. The number of nitrogens with zero attached hydrogens (tertiary/aromatic N) is 2. The molecule has 3 rings (SSSR count). The van der Waals surface area contributed by atoms with Gasteiger partial charge in [0.2, 0.25) is 10.9 Å². The van der Waals surface area contributed by atoms with Crippen LogP contribution in [0, 0.1) is 0 Å². The monoisotopic (exact) mass is 460 g/mol. The number of hydrazine groups is 1. The Morgan fingerprint density at radius 1 is 1.09 bits per heavy atom. The zero-order valence-electron chi connectivity index (χ0n) is 18.3. The van der Waals surface area contributed by atoms with Crippen LogP contribution in [0.25, 0.3) is 0 Å². The first kappa shape index (κ1) is 23.6. The van der Waals surface area contributed by atoms with E-state index in [-0.39, 0.29) is 12.5 Å². The molecule has 2 amide bonds. The molecular weight excluding hydrogens is 432 g/mol. The molecule has 1 aliphatic rings. The van der Waals surface area contributed by atoms with Gasteiger partial charge in [-0.25, -0.2) is 19.1 Å². The van der Waals surface area contributed by atoms with E-state index in [0.29, 0.717) is 30.8 Å². The molecule has 1 aliphatic heterocycles. The van der Waals surface area contributed by atoms with Crippen molar-refractivity contribution in [3.05, 3.63) is 64.7 Å². The molecule has 172 valence electrons. The highest BCUT2D eigenvalue weighted by atomic mass is 32.2. The number of anilines is 1. The number of hydrogen-bond acceptors (Lipinski definition) is 6. The van der Waals surface area contributed by atoms with Crippen LogP contribution in [-0.4, -0.2) is 37.5 Å². The number of nitrogens with two attached hydrogens (primary N) is 1. The molecule has 0 spiro atoms. The van der Waals surface area contributed by atoms with Gasteiger partial charge in [-0.1, -0.05) is 18.2 Å². The number of thiol groups is 1. The van der Waals surface area contributed by atoms with E-state index in [1.165, 1.54) is 4.31 Å². The Labute approximate surface area is 189 Å². The van der Waals surface area contributed by atoms with Crippen molar-refractivity contribution in [2.24, 2.45) is 5.84 Å². The van der Waals surface area contributed by atoms with E-state index in [1.54, 1.807) is 41.3 Å². The third kappa shape index (κ3) is 5.77. The number of ether oxygens (including phenoxy) is 1. The first-order valence-corrected chi connectivity index (χ1v) is 11.3. The average Bonchev–Trinajstić information content (AvgIpc) is 3.16. The standard InChI is InChI=1S/C22H28N4O5S/c1-22(2,3)31-21(28)25-13-17-8-9-19(12-18(17)14-25)26(32(29)30)11-10-15-4-6-16(7-5-15)20(27)24-23/h4-9,12,32H,10-11,13-14,23H2,1-3H3,(H,24,27). The summed E-state index contributed by atoms with van der Waals surface area (Å²) in [5.74, 6) is 4.74. The molecule has 2 aromatic carbocycles. The quantitative estimate of drug-likeness (QED) is 0.263. The average molecular weight is 461 g/mol. The van der Waals surface area contributed by atoms with Gasteiger partial charge >= 0.3 is 6.09 Å². The molecule has 2 aromatic rings. The van der Waals surface area contributed by atoms with Gasteiger partial charge < -0.3 is 4.74 Å². The summed E-state index contributed by atoms with van der Waals surface area (Å²) in [5, 5.41) is 0. The van der Waals surface area contributed by atoms with Crippen molar-refractivity contribution in [1.82, 2.24) is 10.3 Å². The SMILES string of the molecule is CC(C)(C)OC(=O)N1Cc2ccc(N(CCc3ccc(C(=O)NN)cc3)[SH](=O)=O)cc2C1. The van der Waals surface area contributed by atoms with Crippen molar-refractivity contribution in [2.45, 2.75) is 45.9 Å². The maximum absolute atomic E-state index is 12.4. The molecular formula is C22H28N4O5S. The number of amides is 2. The molecule has 1 heterocycles. The molecule has 0 unspecified atom stereocenters. The molecule has 10 heteroatoms. The summed E-state index contributed by atoms with van der Waals surface area (Å²) >= 11 is 0. The molecule has 0 radical (unpaired) electrons. The predicted octanol–water partition coefficient (Wildman–Crippen LogP) is 2.12. The van der Waals surface area contributed by atoms with Crippen LogP contribution in [0.1, 0.15) is 47.8 Å². The normalized spacial score (nSPS) is 13.1. The van der Waals surface area contributed by atoms with E-state index in [2.05, 4.69) is 5.43 Å². The summed E-state index contributed by atoms with van der Waals surface area (Å²) in [6.07, 6.45) is 0.0726. The molecule has 0 atom stereocenters. The third-order valence-electron chi connectivity index (χ3n) is 5.02. The molecule has 0 saturated carbocycles. The highest BCUT2D eigenvalue weighted by Crippen LogP contribution is 2.29. The fourth-order valence-electron chi connectivity index (χ4n) is 3.44. The second kappa shape index (κ2) is 9.58. The van der Waals surface area contributed by atoms with Crippen LogP contribution in [-0.2, 0) is 35.1 Å². The topological polar surface area (TPSA) is 122 Å². The van der Waals surface area contributed by atoms with Gasteiger partial charge in [0.25, 0.3) is 5.91 Å². The van der Waals surface area contributed by atoms with Gasteiger partial charge in [0.1, 0.15) is 5.60 Å². The maximum atomic E-state index is 12.4. The van der Waals surface area contributed by atoms with Crippen LogP contribution >= 0.6 is 0 Å². The number of nitrogen functional groups attached to an aromatic ring is 1. The Morgan fingerprint density at radius 2 is 1.75 bits per heavy atom. The minimum absolute atomic E-state index is 0.246. The molecule has 0 saturated heterocycles. The van der Waals surface area contributed by atoms with Crippen molar-refractivity contribution in [1.29, 1.82) is 0 Å². The number of carbonyl (C=O) groups excluding carboxylic acids is 2. The van der Waals surface area contributed by atoms with Crippen LogP contribution in [0.15, 0.2) is 42.5 Å². The number of benzene rings is 2. The number of carbonyl (C=O) groups is 2. The minimum Gasteiger partial charge on any atom is -0.444 e. The largest absolute Gasteiger partial charge is 0.444 e. The number of hydrogen-bond donors (Lipinski definition) is 3. The zero-order chi connectivity index (χ0) is 23.5. The Hall–Kier alpha value is -3.11. The molecule has 3 N–H and O–H groups in total. The summed E-state index contributed by atoms with van der Waals surface area (Å²) in [4.78, 5) is 25.5. The van der Waals surface area contributed by atoms with Gasteiger partial charge in [-0.15, -0.1) is 0 Å². The van der Waals surface area contributed by atoms with Crippen LogP contribution in [0.2, 0.25) is 0 Å². The lowest BCUT2D eigenvalue weighted by molar-refractivity contribution is 0.0241. The molecule has 0 aromatic heterocycles. The Morgan fingerprint density at radius 3 is 2.34 bits per heavy atom. The van der Waals surface area contributed by atoms with Crippen molar-refractivity contribution < 1.29 is 22.7 Å². The fraction of sp³-hybridized carbons (Fsp3) is 0.364. The van der Waals surface area contributed by atoms with Gasteiger partial charge in [-0.05, 0) is 68.1 Å². The van der Waals surface area contributed by atoms with Crippen molar-refractivity contribution in [3.63, 3.8) is 0 Å². The highest BCUT2D eigenvalue weighted by molar-refractivity contribution is 7.74. The summed E-state index contributed by atoms with van der Waals surface area (Å²) in [7, 11) is -2.86. The van der Waals surface area contributed by atoms with Gasteiger partial charge in [-0.2, -0.15) is 0 Å². The van der Waals surface area contributed by atoms with Crippen molar-refractivity contribution >= 4 is 28.6 Å². The van der Waals surface area contributed by atoms with Gasteiger partial charge in [0.15, 0.2) is 0 Å². The van der Waals surface area contributed by atoms with Crippen molar-refractivity contribution in [3.8, 4) is 0 Å². The van der Waals surface area contributed by atoms with E-state index in [4.69, 9.17) is 10.6 Å². The fourth-order valence-corrected chi connectivity index (χ4v) is 4.02. The maximum Gasteiger partial charge on any atom is 0.410 e. The molecule has 9 nitrogen and oxygen atoms in total. The van der Waals surface area contributed by atoms with E-state index in [0.717, 1.165) is 16.7 Å². The molecule has 0 fully saturated rings. The van der Waals surface area contributed by atoms with Gasteiger partial charge in [-0.3, -0.25) is 19.4 Å². The minimum atomic E-state index is -2.86. The van der Waals surface area contributed by atoms with E-state index >= 15 is 0 Å². The van der Waals surface area contributed by atoms with E-state index in [1.807, 2.05) is 26.8 Å². The predicted molar refractivity (Wildman–Crippen MR) is 121 cm³/mol. The molecule has 0 bridgehead atoms. The first-order chi connectivity index (χ1) is 15.1. The second-order valence-electron chi connectivity index (χ2n) is 8.57. The van der Waals surface area contributed by atoms with Crippen LogP contribution in [0.5, 0.6) is 0 Å². The van der Waals surface area contributed by atoms with Gasteiger partial charge in [0.05, 0.1) is 5.69 Å². The Balaban J connectivity index is 1.69. The Bertz CT molecular complexity index is 1070. The van der Waals surface area contributed by atoms with E-state index in [9.17, 15) is 18.0 Å². The smallest absolute Gasteiger partial charge is 0.410 e. The van der Waals surface area contributed by atoms with Crippen molar-refractivity contribution in [2.75, 3.05) is 10.8 Å². The van der Waals surface area contributed by atoms with Crippen LogP contribution in [0.4, 0.5) is 10.5 Å².